The molecule has 1 aromatic heterocycles. The average molecular weight is 492 g/mol. The first-order chi connectivity index (χ1) is 15.5. The summed E-state index contributed by atoms with van der Waals surface area (Å²) in [5.74, 6) is -0.986. The molecule has 1 atom stereocenters. The highest BCUT2D eigenvalue weighted by molar-refractivity contribution is 9.10. The van der Waals surface area contributed by atoms with Crippen molar-refractivity contribution < 1.29 is 14.0 Å². The summed E-state index contributed by atoms with van der Waals surface area (Å²) < 4.78 is 14.7. The number of nitrogens with one attached hydrogen (secondary N) is 2. The number of aromatic nitrogens is 1. The first-order valence-corrected chi connectivity index (χ1v) is 11.0. The Bertz CT molecular complexity index is 1350. The van der Waals surface area contributed by atoms with Crippen molar-refractivity contribution in [3.8, 4) is 0 Å². The Morgan fingerprint density at radius 1 is 1.06 bits per heavy atom. The molecular formula is C25H19BrFN3O2. The van der Waals surface area contributed by atoms with Crippen LogP contribution in [0.3, 0.4) is 0 Å². The molecule has 1 aliphatic rings. The molecule has 1 aliphatic heterocycles. The molecule has 0 saturated heterocycles. The second-order valence-corrected chi connectivity index (χ2v) is 8.62. The molecule has 4 aromatic rings. The largest absolute Gasteiger partial charge is 0.361 e. The number of aromatic amines is 1. The van der Waals surface area contributed by atoms with Crippen LogP contribution in [0.25, 0.3) is 10.9 Å². The molecule has 3 aromatic carbocycles. The molecule has 5 nitrogen and oxygen atoms in total. The third-order valence-corrected chi connectivity index (χ3v) is 6.25. The van der Waals surface area contributed by atoms with Gasteiger partial charge in [0.25, 0.3) is 5.91 Å². The van der Waals surface area contributed by atoms with Crippen molar-refractivity contribution >= 4 is 44.3 Å². The summed E-state index contributed by atoms with van der Waals surface area (Å²) >= 11 is 3.20. The minimum absolute atomic E-state index is 0.0497. The number of rotatable bonds is 5. The van der Waals surface area contributed by atoms with Gasteiger partial charge in [-0.25, -0.2) is 4.39 Å². The number of hydrogen-bond acceptors (Lipinski definition) is 2. The van der Waals surface area contributed by atoms with Crippen LogP contribution in [-0.4, -0.2) is 28.2 Å². The van der Waals surface area contributed by atoms with Crippen molar-refractivity contribution in [3.63, 3.8) is 0 Å². The third kappa shape index (κ3) is 3.58. The number of anilines is 1. The Morgan fingerprint density at radius 3 is 2.69 bits per heavy atom. The molecule has 32 heavy (non-hydrogen) atoms. The van der Waals surface area contributed by atoms with Crippen LogP contribution in [0.4, 0.5) is 10.1 Å². The SMILES string of the molecule is O=C(CCN1C(=O)c2ccccc2[C@H]1c1c[nH]c2ccccc12)Nc1ccc(Br)cc1F. The molecule has 0 fully saturated rings. The van der Waals surface area contributed by atoms with Crippen LogP contribution in [0.1, 0.15) is 33.9 Å². The van der Waals surface area contributed by atoms with Gasteiger partial charge in [-0.3, -0.25) is 9.59 Å². The van der Waals surface area contributed by atoms with Gasteiger partial charge in [-0.15, -0.1) is 0 Å². The molecule has 0 unspecified atom stereocenters. The van der Waals surface area contributed by atoms with Gasteiger partial charge < -0.3 is 15.2 Å². The summed E-state index contributed by atoms with van der Waals surface area (Å²) in [6.45, 7) is 0.210. The molecule has 5 rings (SSSR count). The molecule has 160 valence electrons. The molecule has 2 heterocycles. The monoisotopic (exact) mass is 491 g/mol. The van der Waals surface area contributed by atoms with Crippen LogP contribution < -0.4 is 5.32 Å². The molecule has 0 radical (unpaired) electrons. The van der Waals surface area contributed by atoms with E-state index >= 15 is 0 Å². The lowest BCUT2D eigenvalue weighted by molar-refractivity contribution is -0.116. The van der Waals surface area contributed by atoms with E-state index in [0.717, 1.165) is 22.0 Å². The lowest BCUT2D eigenvalue weighted by Gasteiger charge is -2.25. The Labute approximate surface area is 192 Å². The maximum Gasteiger partial charge on any atom is 0.255 e. The zero-order valence-electron chi connectivity index (χ0n) is 16.9. The second-order valence-electron chi connectivity index (χ2n) is 7.70. The van der Waals surface area contributed by atoms with Crippen molar-refractivity contribution in [1.29, 1.82) is 0 Å². The maximum absolute atomic E-state index is 14.1. The van der Waals surface area contributed by atoms with Crippen LogP contribution in [0.5, 0.6) is 0 Å². The number of fused-ring (bicyclic) bond motifs is 2. The number of benzene rings is 3. The second kappa shape index (κ2) is 8.24. The van der Waals surface area contributed by atoms with E-state index in [4.69, 9.17) is 0 Å². The number of H-pyrrole nitrogens is 1. The highest BCUT2D eigenvalue weighted by Crippen LogP contribution is 2.41. The van der Waals surface area contributed by atoms with Gasteiger partial charge in [0.1, 0.15) is 5.82 Å². The van der Waals surface area contributed by atoms with Gasteiger partial charge in [-0.2, -0.15) is 0 Å². The number of halogens is 2. The number of carbonyl (C=O) groups excluding carboxylic acids is 2. The van der Waals surface area contributed by atoms with Gasteiger partial charge in [-0.1, -0.05) is 52.3 Å². The molecule has 0 bridgehead atoms. The van der Waals surface area contributed by atoms with Crippen LogP contribution in [-0.2, 0) is 4.79 Å². The summed E-state index contributed by atoms with van der Waals surface area (Å²) in [5, 5.41) is 3.63. The number of nitrogens with zero attached hydrogens (tertiary/aromatic N) is 1. The minimum atomic E-state index is -0.519. The average Bonchev–Trinajstić information content (AvgIpc) is 3.33. The van der Waals surface area contributed by atoms with Gasteiger partial charge in [0.05, 0.1) is 11.7 Å². The first-order valence-electron chi connectivity index (χ1n) is 10.2. The van der Waals surface area contributed by atoms with Crippen molar-refractivity contribution in [1.82, 2.24) is 9.88 Å². The maximum atomic E-state index is 14.1. The third-order valence-electron chi connectivity index (χ3n) is 5.76. The van der Waals surface area contributed by atoms with E-state index in [9.17, 15) is 14.0 Å². The highest BCUT2D eigenvalue weighted by Gasteiger charge is 2.38. The standard InChI is InChI=1S/C25H19BrFN3O2/c26-15-9-10-22(20(27)13-15)29-23(31)11-12-30-24(17-6-1-2-7-18(17)25(30)32)19-14-28-21-8-4-3-5-16(19)21/h1-10,13-14,24,28H,11-12H2,(H,29,31)/t24-/m0/s1. The van der Waals surface area contributed by atoms with Crippen LogP contribution in [0.2, 0.25) is 0 Å². The topological polar surface area (TPSA) is 65.2 Å². The summed E-state index contributed by atoms with van der Waals surface area (Å²) in [6, 6.07) is 19.6. The minimum Gasteiger partial charge on any atom is -0.361 e. The van der Waals surface area contributed by atoms with E-state index in [0.29, 0.717) is 10.0 Å². The van der Waals surface area contributed by atoms with Crippen molar-refractivity contribution in [2.75, 3.05) is 11.9 Å². The fourth-order valence-corrected chi connectivity index (χ4v) is 4.62. The lowest BCUT2D eigenvalue weighted by atomic mass is 9.97. The van der Waals surface area contributed by atoms with Gasteiger partial charge in [0, 0.05) is 45.7 Å². The molecule has 0 aliphatic carbocycles. The fraction of sp³-hybridized carbons (Fsp3) is 0.120. The molecule has 0 spiro atoms. The van der Waals surface area contributed by atoms with Gasteiger partial charge >= 0.3 is 0 Å². The number of carbonyl (C=O) groups is 2. The molecule has 2 N–H and O–H groups in total. The quantitative estimate of drug-likeness (QED) is 0.379. The van der Waals surface area contributed by atoms with E-state index in [1.165, 1.54) is 12.1 Å². The summed E-state index contributed by atoms with van der Waals surface area (Å²) in [5.41, 5.74) is 3.65. The summed E-state index contributed by atoms with van der Waals surface area (Å²) in [7, 11) is 0. The predicted octanol–water partition coefficient (Wildman–Crippen LogP) is 5.64. The van der Waals surface area contributed by atoms with Crippen molar-refractivity contribution in [2.45, 2.75) is 12.5 Å². The van der Waals surface area contributed by atoms with E-state index in [2.05, 4.69) is 26.2 Å². The predicted molar refractivity (Wildman–Crippen MR) is 125 cm³/mol. The normalized spacial score (nSPS) is 15.2. The van der Waals surface area contributed by atoms with Crippen LogP contribution >= 0.6 is 15.9 Å². The van der Waals surface area contributed by atoms with Gasteiger partial charge in [0.2, 0.25) is 5.91 Å². The van der Waals surface area contributed by atoms with E-state index in [-0.39, 0.29) is 36.5 Å². The van der Waals surface area contributed by atoms with Crippen LogP contribution in [0, 0.1) is 5.82 Å². The fourth-order valence-electron chi connectivity index (χ4n) is 4.28. The molecule has 0 saturated carbocycles. The van der Waals surface area contributed by atoms with Crippen LogP contribution in [0.15, 0.2) is 77.4 Å². The smallest absolute Gasteiger partial charge is 0.255 e. The highest BCUT2D eigenvalue weighted by atomic mass is 79.9. The number of hydrogen-bond donors (Lipinski definition) is 2. The molecule has 2 amide bonds. The Kier molecular flexibility index (Phi) is 5.27. The Hall–Kier alpha value is -3.45. The molecule has 7 heteroatoms. The number of amides is 2. The van der Waals surface area contributed by atoms with Gasteiger partial charge in [-0.05, 0) is 35.9 Å². The van der Waals surface area contributed by atoms with Crippen molar-refractivity contribution in [2.24, 2.45) is 0 Å². The van der Waals surface area contributed by atoms with E-state index in [1.807, 2.05) is 54.7 Å². The Morgan fingerprint density at radius 2 is 1.84 bits per heavy atom. The van der Waals surface area contributed by atoms with Gasteiger partial charge in [0.15, 0.2) is 0 Å². The summed E-state index contributed by atoms with van der Waals surface area (Å²) in [4.78, 5) is 30.8. The number of para-hydroxylation sites is 1. The van der Waals surface area contributed by atoms with Crippen molar-refractivity contribution in [3.05, 3.63) is 99.9 Å². The lowest BCUT2D eigenvalue weighted by Crippen LogP contribution is -2.32. The molecular weight excluding hydrogens is 473 g/mol. The summed E-state index contributed by atoms with van der Waals surface area (Å²) in [6.07, 6.45) is 1.98. The zero-order chi connectivity index (χ0) is 22.2. The Balaban J connectivity index is 1.42. The first kappa shape index (κ1) is 20.5. The van der Waals surface area contributed by atoms with E-state index in [1.54, 1.807) is 11.0 Å². The zero-order valence-corrected chi connectivity index (χ0v) is 18.5. The van der Waals surface area contributed by atoms with E-state index < -0.39 is 5.82 Å².